The zero-order valence-corrected chi connectivity index (χ0v) is 18.9. The topological polar surface area (TPSA) is 67.2 Å². The maximum absolute atomic E-state index is 14.4. The van der Waals surface area contributed by atoms with Gasteiger partial charge in [-0.1, -0.05) is 0 Å². The Kier molecular flexibility index (Phi) is 4.95. The Labute approximate surface area is 186 Å². The Morgan fingerprint density at radius 3 is 2.72 bits per heavy atom. The second-order valence-electron chi connectivity index (χ2n) is 8.83. The number of amides is 1. The van der Waals surface area contributed by atoms with E-state index in [1.807, 2.05) is 25.6 Å². The maximum atomic E-state index is 14.4. The Hall–Kier alpha value is -3.29. The third-order valence-electron chi connectivity index (χ3n) is 6.76. The van der Waals surface area contributed by atoms with Crippen LogP contribution in [-0.4, -0.2) is 44.4 Å². The molecule has 0 unspecified atom stereocenters. The van der Waals surface area contributed by atoms with E-state index in [-0.39, 0.29) is 17.8 Å². The first-order chi connectivity index (χ1) is 15.3. The fourth-order valence-electron chi connectivity index (χ4n) is 5.03. The molecule has 7 nitrogen and oxygen atoms in total. The van der Waals surface area contributed by atoms with E-state index >= 15 is 0 Å². The van der Waals surface area contributed by atoms with Crippen molar-refractivity contribution in [3.63, 3.8) is 0 Å². The largest absolute Gasteiger partial charge is 0.363 e. The highest BCUT2D eigenvalue weighted by atomic mass is 19.1. The van der Waals surface area contributed by atoms with Crippen LogP contribution in [0.5, 0.6) is 0 Å². The number of aromatic nitrogens is 4. The molecule has 1 amide bonds. The number of hydrogen-bond donors (Lipinski definition) is 0. The van der Waals surface area contributed by atoms with Crippen LogP contribution in [0.2, 0.25) is 0 Å². The average Bonchev–Trinajstić information content (AvgIpc) is 3.06. The van der Waals surface area contributed by atoms with Gasteiger partial charge in [0, 0.05) is 37.5 Å². The maximum Gasteiger partial charge on any atom is 0.254 e. The lowest BCUT2D eigenvalue weighted by molar-refractivity contribution is 0.0781. The first kappa shape index (κ1) is 20.6. The average molecular weight is 435 g/mol. The van der Waals surface area contributed by atoms with Crippen molar-refractivity contribution in [3.05, 3.63) is 58.3 Å². The number of piperidine rings is 1. The minimum atomic E-state index is -0.329. The first-order valence-electron chi connectivity index (χ1n) is 11.0. The molecule has 32 heavy (non-hydrogen) atoms. The third kappa shape index (κ3) is 3.25. The monoisotopic (exact) mass is 434 g/mol. The van der Waals surface area contributed by atoms with E-state index in [0.29, 0.717) is 12.1 Å². The van der Waals surface area contributed by atoms with Crippen LogP contribution in [0.3, 0.4) is 0 Å². The van der Waals surface area contributed by atoms with Crippen LogP contribution in [0.25, 0.3) is 11.3 Å². The molecule has 2 aliphatic heterocycles. The van der Waals surface area contributed by atoms with Crippen LogP contribution in [0.1, 0.15) is 58.3 Å². The van der Waals surface area contributed by atoms with Crippen molar-refractivity contribution in [2.75, 3.05) is 18.5 Å². The van der Waals surface area contributed by atoms with Crippen molar-refractivity contribution in [3.8, 4) is 11.3 Å². The van der Waals surface area contributed by atoms with E-state index in [0.717, 1.165) is 65.4 Å². The fourth-order valence-corrected chi connectivity index (χ4v) is 5.03. The number of benzene rings is 1. The third-order valence-corrected chi connectivity index (χ3v) is 6.76. The van der Waals surface area contributed by atoms with Crippen molar-refractivity contribution < 1.29 is 9.18 Å². The molecular formula is C24H27FN6O. The summed E-state index contributed by atoms with van der Waals surface area (Å²) >= 11 is 0. The second-order valence-corrected chi connectivity index (χ2v) is 8.83. The molecule has 8 heteroatoms. The normalized spacial score (nSPS) is 18.4. The molecule has 3 aromatic rings. The van der Waals surface area contributed by atoms with Gasteiger partial charge in [0.2, 0.25) is 0 Å². The number of anilines is 1. The molecule has 0 aliphatic carbocycles. The number of carbonyl (C=O) groups is 1. The smallest absolute Gasteiger partial charge is 0.254 e. The molecule has 0 spiro atoms. The Balaban J connectivity index is 1.80. The van der Waals surface area contributed by atoms with Crippen molar-refractivity contribution in [2.45, 2.75) is 45.7 Å². The summed E-state index contributed by atoms with van der Waals surface area (Å²) in [4.78, 5) is 17.5. The molecule has 0 N–H and O–H groups in total. The van der Waals surface area contributed by atoms with Gasteiger partial charge in [-0.15, -0.1) is 5.10 Å². The lowest BCUT2D eigenvalue weighted by Crippen LogP contribution is -2.36. The highest BCUT2D eigenvalue weighted by Gasteiger charge is 2.32. The highest BCUT2D eigenvalue weighted by Crippen LogP contribution is 2.40. The molecule has 0 radical (unpaired) electrons. The molecule has 2 bridgehead atoms. The SMILES string of the molecule is Cc1nnc2cc1N1CCCC[C@@H]1c1cc(F)ccc1C(=O)N(C)Cc1nn(C)c(C)c1-2. The van der Waals surface area contributed by atoms with Crippen molar-refractivity contribution in [1.29, 1.82) is 0 Å². The number of hydrogen-bond acceptors (Lipinski definition) is 5. The van der Waals surface area contributed by atoms with Crippen molar-refractivity contribution >= 4 is 11.6 Å². The summed E-state index contributed by atoms with van der Waals surface area (Å²) in [6, 6.07) is 6.50. The minimum Gasteiger partial charge on any atom is -0.363 e. The van der Waals surface area contributed by atoms with E-state index in [2.05, 4.69) is 26.3 Å². The van der Waals surface area contributed by atoms with Crippen LogP contribution in [-0.2, 0) is 13.6 Å². The van der Waals surface area contributed by atoms with Crippen LogP contribution in [0.4, 0.5) is 10.1 Å². The molecule has 2 aliphatic rings. The molecule has 166 valence electrons. The Bertz CT molecular complexity index is 1220. The van der Waals surface area contributed by atoms with Gasteiger partial charge in [0.25, 0.3) is 5.91 Å². The molecule has 1 saturated heterocycles. The number of aryl methyl sites for hydroxylation is 2. The van der Waals surface area contributed by atoms with E-state index in [9.17, 15) is 9.18 Å². The standard InChI is InChI=1S/C24H27FN6O/c1-14-22-12-19(27-26-14)23-15(2)30(4)28-20(23)13-29(3)24(32)17-9-8-16(25)11-18(17)21-7-5-6-10-31(21)22/h8-9,11-12,21H,5-7,10,13H2,1-4H3/t21-/m1/s1. The quantitative estimate of drug-likeness (QED) is 0.536. The summed E-state index contributed by atoms with van der Waals surface area (Å²) in [5.41, 5.74) is 6.47. The number of rotatable bonds is 0. The van der Waals surface area contributed by atoms with Crippen molar-refractivity contribution in [1.82, 2.24) is 24.9 Å². The number of fused-ring (bicyclic) bond motifs is 8. The molecule has 1 atom stereocenters. The van der Waals surface area contributed by atoms with Gasteiger partial charge < -0.3 is 9.80 Å². The van der Waals surface area contributed by atoms with Gasteiger partial charge >= 0.3 is 0 Å². The minimum absolute atomic E-state index is 0.101. The molecular weight excluding hydrogens is 407 g/mol. The van der Waals surface area contributed by atoms with E-state index in [4.69, 9.17) is 0 Å². The van der Waals surface area contributed by atoms with Gasteiger partial charge in [-0.2, -0.15) is 10.2 Å². The van der Waals surface area contributed by atoms with Gasteiger partial charge in [-0.25, -0.2) is 4.39 Å². The summed E-state index contributed by atoms with van der Waals surface area (Å²) in [5.74, 6) is -0.462. The predicted octanol–water partition coefficient (Wildman–Crippen LogP) is 3.95. The van der Waals surface area contributed by atoms with Crippen molar-refractivity contribution in [2.24, 2.45) is 7.05 Å². The fraction of sp³-hybridized carbons (Fsp3) is 0.417. The summed E-state index contributed by atoms with van der Waals surface area (Å²) in [6.07, 6.45) is 2.91. The second kappa shape index (κ2) is 7.69. The number of halogens is 1. The number of nitrogens with zero attached hydrogens (tertiary/aromatic N) is 6. The molecule has 0 saturated carbocycles. The summed E-state index contributed by atoms with van der Waals surface area (Å²) in [5, 5.41) is 13.7. The van der Waals surface area contributed by atoms with Gasteiger partial charge in [0.05, 0.1) is 35.4 Å². The first-order valence-corrected chi connectivity index (χ1v) is 11.0. The van der Waals surface area contributed by atoms with Gasteiger partial charge in [-0.05, 0) is 62.9 Å². The van der Waals surface area contributed by atoms with Crippen LogP contribution < -0.4 is 4.90 Å². The van der Waals surface area contributed by atoms with E-state index in [1.54, 1.807) is 18.0 Å². The lowest BCUT2D eigenvalue weighted by Gasteiger charge is -2.39. The predicted molar refractivity (Wildman–Crippen MR) is 120 cm³/mol. The Morgan fingerprint density at radius 1 is 1.09 bits per heavy atom. The lowest BCUT2D eigenvalue weighted by atomic mass is 9.90. The zero-order valence-electron chi connectivity index (χ0n) is 18.9. The van der Waals surface area contributed by atoms with Gasteiger partial charge in [-0.3, -0.25) is 9.48 Å². The molecule has 2 aromatic heterocycles. The number of carbonyl (C=O) groups excluding carboxylic acids is 1. The van der Waals surface area contributed by atoms with Gasteiger partial charge in [0.1, 0.15) is 5.82 Å². The van der Waals surface area contributed by atoms with Crippen LogP contribution in [0, 0.1) is 19.7 Å². The molecule has 1 fully saturated rings. The Morgan fingerprint density at radius 2 is 1.91 bits per heavy atom. The summed E-state index contributed by atoms with van der Waals surface area (Å²) in [6.45, 7) is 5.09. The molecule has 4 heterocycles. The molecule has 5 rings (SSSR count). The highest BCUT2D eigenvalue weighted by molar-refractivity contribution is 5.96. The van der Waals surface area contributed by atoms with Crippen LogP contribution >= 0.6 is 0 Å². The van der Waals surface area contributed by atoms with E-state index < -0.39 is 0 Å². The molecule has 1 aromatic carbocycles. The van der Waals surface area contributed by atoms with Gasteiger partial charge in [0.15, 0.2) is 0 Å². The summed E-state index contributed by atoms with van der Waals surface area (Å²) < 4.78 is 16.2. The van der Waals surface area contributed by atoms with E-state index in [1.165, 1.54) is 12.1 Å². The van der Waals surface area contributed by atoms with Crippen LogP contribution in [0.15, 0.2) is 24.3 Å². The summed E-state index contributed by atoms with van der Waals surface area (Å²) in [7, 11) is 3.66. The zero-order chi connectivity index (χ0) is 22.6.